The fraction of sp³-hybridized carbons (Fsp3) is 0.250. The lowest BCUT2D eigenvalue weighted by Crippen LogP contribution is -2.54. The third-order valence-corrected chi connectivity index (χ3v) is 11.4. The van der Waals surface area contributed by atoms with Crippen LogP contribution in [-0.4, -0.2) is 82.8 Å². The fourth-order valence-corrected chi connectivity index (χ4v) is 8.48. The first-order valence-electron chi connectivity index (χ1n) is 17.8. The highest BCUT2D eigenvalue weighted by Crippen LogP contribution is 2.35. The summed E-state index contributed by atoms with van der Waals surface area (Å²) in [5, 5.41) is 10.6. The average molecular weight is 819 g/mol. The van der Waals surface area contributed by atoms with E-state index in [1.54, 1.807) is 12.1 Å². The Hall–Kier alpha value is -5.57. The van der Waals surface area contributed by atoms with Gasteiger partial charge in [-0.1, -0.05) is 24.3 Å². The van der Waals surface area contributed by atoms with Crippen molar-refractivity contribution in [3.8, 4) is 16.8 Å². The number of allylic oxidation sites excluding steroid dienone is 2. The smallest absolute Gasteiger partial charge is 0.262 e. The Morgan fingerprint density at radius 3 is 2.21 bits per heavy atom. The van der Waals surface area contributed by atoms with Gasteiger partial charge in [-0.3, -0.25) is 29.4 Å². The number of nitrogens with one attached hydrogen (secondary N) is 2. The van der Waals surface area contributed by atoms with Crippen LogP contribution in [0.4, 0.5) is 11.4 Å². The van der Waals surface area contributed by atoms with E-state index in [0.717, 1.165) is 95.6 Å². The van der Waals surface area contributed by atoms with Crippen LogP contribution in [0.5, 0.6) is 0 Å². The van der Waals surface area contributed by atoms with E-state index in [9.17, 15) is 19.2 Å². The number of benzene rings is 3. The van der Waals surface area contributed by atoms with E-state index in [0.29, 0.717) is 5.56 Å². The van der Waals surface area contributed by atoms with Crippen LogP contribution in [0.1, 0.15) is 56.8 Å². The summed E-state index contributed by atoms with van der Waals surface area (Å²) < 4.78 is 6.43. The van der Waals surface area contributed by atoms with Crippen LogP contribution >= 0.6 is 22.9 Å². The summed E-state index contributed by atoms with van der Waals surface area (Å²) in [4.78, 5) is 56.2. The molecule has 1 aliphatic carbocycles. The molecule has 4 aliphatic heterocycles. The standard InChI is InChI=1S/C40H35IN8O4/c41-44-34-10-2-25-21-26(1-8-30(25)34)33-23-48(45-37(33)24-13-15-42-16-14-24)28-5-3-27(4-6-28)46-17-19-47(20-18-46)29-7-9-31-32(22-29)40(53)49(39(31)52)35-11-12-36(50)43-38(35)51/h1,3-9,13-15,21-23,35,42H,2,10-12,16-20H2,(H,43,50,51)/b44-34+. The molecular weight excluding hydrogens is 783 g/mol. The molecule has 12 nitrogen and oxygen atoms in total. The number of nitrogens with zero attached hydrogens (tertiary/aromatic N) is 6. The molecule has 5 aliphatic rings. The molecule has 1 aromatic heterocycles. The van der Waals surface area contributed by atoms with Gasteiger partial charge < -0.3 is 15.1 Å². The van der Waals surface area contributed by atoms with Crippen molar-refractivity contribution in [2.45, 2.75) is 31.7 Å². The third kappa shape index (κ3) is 5.92. The Balaban J connectivity index is 0.901. The van der Waals surface area contributed by atoms with Gasteiger partial charge in [0.15, 0.2) is 0 Å². The van der Waals surface area contributed by atoms with Crippen LogP contribution < -0.4 is 20.4 Å². The molecule has 9 rings (SSSR count). The first kappa shape index (κ1) is 33.3. The molecule has 266 valence electrons. The predicted molar refractivity (Wildman–Crippen MR) is 211 cm³/mol. The molecule has 1 unspecified atom stereocenters. The maximum atomic E-state index is 13.4. The second-order valence-electron chi connectivity index (χ2n) is 13.8. The third-order valence-electron chi connectivity index (χ3n) is 10.8. The van der Waals surface area contributed by atoms with Gasteiger partial charge in [0.05, 0.1) is 45.4 Å². The van der Waals surface area contributed by atoms with E-state index in [1.165, 1.54) is 11.1 Å². The minimum Gasteiger partial charge on any atom is -0.387 e. The van der Waals surface area contributed by atoms with Crippen LogP contribution in [0.25, 0.3) is 22.4 Å². The second kappa shape index (κ2) is 13.4. The number of piperidine rings is 1. The van der Waals surface area contributed by atoms with Gasteiger partial charge in [0.1, 0.15) is 11.7 Å². The number of halogens is 1. The van der Waals surface area contributed by atoms with E-state index in [1.807, 2.05) is 16.9 Å². The van der Waals surface area contributed by atoms with Crippen LogP contribution in [0.2, 0.25) is 0 Å². The topological polar surface area (TPSA) is 132 Å². The van der Waals surface area contributed by atoms with Crippen molar-refractivity contribution in [1.29, 1.82) is 0 Å². The normalized spacial score (nSPS) is 20.5. The number of anilines is 2. The lowest BCUT2D eigenvalue weighted by Gasteiger charge is -2.37. The number of rotatable bonds is 6. The molecular formula is C40H35IN8O4. The first-order chi connectivity index (χ1) is 25.9. The van der Waals surface area contributed by atoms with Crippen molar-refractivity contribution in [3.63, 3.8) is 0 Å². The largest absolute Gasteiger partial charge is 0.387 e. The van der Waals surface area contributed by atoms with Crippen molar-refractivity contribution in [3.05, 3.63) is 113 Å². The zero-order chi connectivity index (χ0) is 36.2. The minimum absolute atomic E-state index is 0.0907. The summed E-state index contributed by atoms with van der Waals surface area (Å²) >= 11 is 2.10. The highest BCUT2D eigenvalue weighted by Gasteiger charge is 2.44. The summed E-state index contributed by atoms with van der Waals surface area (Å²) in [6.45, 7) is 3.77. The van der Waals surface area contributed by atoms with Gasteiger partial charge in [-0.05, 0) is 90.7 Å². The quantitative estimate of drug-likeness (QED) is 0.209. The molecule has 0 spiro atoms. The molecule has 2 fully saturated rings. The Kier molecular flexibility index (Phi) is 8.44. The highest BCUT2D eigenvalue weighted by molar-refractivity contribution is 14.1. The predicted octanol–water partition coefficient (Wildman–Crippen LogP) is 4.85. The highest BCUT2D eigenvalue weighted by atomic mass is 127. The molecule has 2 N–H and O–H groups in total. The number of fused-ring (bicyclic) bond motifs is 2. The first-order valence-corrected chi connectivity index (χ1v) is 18.8. The van der Waals surface area contributed by atoms with Gasteiger partial charge in [-0.2, -0.15) is 5.10 Å². The molecule has 4 amide bonds. The molecule has 0 radical (unpaired) electrons. The van der Waals surface area contributed by atoms with Crippen molar-refractivity contribution in [1.82, 2.24) is 25.3 Å². The summed E-state index contributed by atoms with van der Waals surface area (Å²) in [6, 6.07) is 19.5. The molecule has 3 aromatic carbocycles. The van der Waals surface area contributed by atoms with Gasteiger partial charge >= 0.3 is 0 Å². The summed E-state index contributed by atoms with van der Waals surface area (Å²) in [5.74, 6) is -1.99. The number of amides is 4. The number of aryl methyl sites for hydroxylation is 1. The van der Waals surface area contributed by atoms with E-state index in [4.69, 9.17) is 5.10 Å². The minimum atomic E-state index is -0.978. The Morgan fingerprint density at radius 1 is 0.755 bits per heavy atom. The van der Waals surface area contributed by atoms with Gasteiger partial charge in [0.2, 0.25) is 11.8 Å². The fourth-order valence-electron chi connectivity index (χ4n) is 7.98. The molecule has 5 heterocycles. The molecule has 0 saturated carbocycles. The monoisotopic (exact) mass is 818 g/mol. The summed E-state index contributed by atoms with van der Waals surface area (Å²) in [7, 11) is 0. The Labute approximate surface area is 319 Å². The maximum absolute atomic E-state index is 13.4. The number of hydrogen-bond donors (Lipinski definition) is 2. The van der Waals surface area contributed by atoms with Crippen LogP contribution in [0.3, 0.4) is 0 Å². The Bertz CT molecular complexity index is 2300. The molecule has 13 heteroatoms. The molecule has 2 saturated heterocycles. The Morgan fingerprint density at radius 2 is 1.47 bits per heavy atom. The zero-order valence-corrected chi connectivity index (χ0v) is 30.9. The summed E-state index contributed by atoms with van der Waals surface area (Å²) in [6.07, 6.45) is 10.5. The van der Waals surface area contributed by atoms with Crippen molar-refractivity contribution < 1.29 is 19.2 Å². The lowest BCUT2D eigenvalue weighted by atomic mass is 9.97. The van der Waals surface area contributed by atoms with Crippen LogP contribution in [0.15, 0.2) is 88.4 Å². The van der Waals surface area contributed by atoms with E-state index in [-0.39, 0.29) is 18.4 Å². The number of hydrogen-bond acceptors (Lipinski definition) is 9. The molecule has 53 heavy (non-hydrogen) atoms. The number of piperazine rings is 1. The lowest BCUT2D eigenvalue weighted by molar-refractivity contribution is -0.136. The molecule has 0 bridgehead atoms. The molecule has 4 aromatic rings. The average Bonchev–Trinajstić information content (AvgIpc) is 3.89. The summed E-state index contributed by atoms with van der Waals surface area (Å²) in [5.41, 5.74) is 11.5. The second-order valence-corrected chi connectivity index (χ2v) is 14.3. The number of imide groups is 2. The van der Waals surface area contributed by atoms with Gasteiger partial charge in [-0.25, -0.2) is 7.89 Å². The van der Waals surface area contributed by atoms with Gasteiger partial charge in [0, 0.05) is 67.9 Å². The van der Waals surface area contributed by atoms with E-state index >= 15 is 0 Å². The molecule has 1 atom stereocenters. The van der Waals surface area contributed by atoms with Gasteiger partial charge in [-0.15, -0.1) is 0 Å². The van der Waals surface area contributed by atoms with Crippen LogP contribution in [0, 0.1) is 0 Å². The van der Waals surface area contributed by atoms with Crippen molar-refractivity contribution in [2.24, 2.45) is 3.21 Å². The zero-order valence-electron chi connectivity index (χ0n) is 28.7. The number of dihydropyridines is 1. The van der Waals surface area contributed by atoms with Crippen molar-refractivity contribution >= 4 is 69.2 Å². The van der Waals surface area contributed by atoms with E-state index in [2.05, 4.69) is 107 Å². The van der Waals surface area contributed by atoms with Gasteiger partial charge in [0.25, 0.3) is 11.8 Å². The van der Waals surface area contributed by atoms with Crippen LogP contribution in [-0.2, 0) is 16.0 Å². The SMILES string of the molecule is O=C1CCC(N2C(=O)c3ccc(N4CCN(c5ccc(-n6cc(-c7ccc8c(c7)CC/C8=N\I)c(C7=CCNC=C7)n6)cc5)CC4)cc3C2=O)C(=O)N1. The number of carbonyl (C=O) groups is 4. The number of carbonyl (C=O) groups excluding carboxylic acids is 4. The van der Waals surface area contributed by atoms with E-state index < -0.39 is 29.7 Å². The van der Waals surface area contributed by atoms with Crippen molar-refractivity contribution in [2.75, 3.05) is 42.5 Å². The maximum Gasteiger partial charge on any atom is 0.262 e. The number of aromatic nitrogens is 2.